The van der Waals surface area contributed by atoms with Crippen LogP contribution in [0.2, 0.25) is 0 Å². The third kappa shape index (κ3) is 2.87. The molecule has 3 heteroatoms. The normalized spacial score (nSPS) is 23.6. The number of nitriles is 1. The molecule has 0 radical (unpaired) electrons. The van der Waals surface area contributed by atoms with Crippen molar-refractivity contribution in [1.29, 1.82) is 5.26 Å². The van der Waals surface area contributed by atoms with Gasteiger partial charge in [-0.2, -0.15) is 5.26 Å². The molecule has 2 aliphatic rings. The van der Waals surface area contributed by atoms with E-state index >= 15 is 0 Å². The van der Waals surface area contributed by atoms with Crippen molar-refractivity contribution in [2.45, 2.75) is 38.3 Å². The molecule has 1 aliphatic heterocycles. The second-order valence-electron chi connectivity index (χ2n) is 6.83. The Balaban J connectivity index is 1.58. The maximum Gasteiger partial charge on any atom is 0.148 e. The number of nitrogens with zero attached hydrogens (tertiary/aromatic N) is 3. The van der Waals surface area contributed by atoms with E-state index in [4.69, 9.17) is 0 Å². The van der Waals surface area contributed by atoms with Crippen LogP contribution in [0.1, 0.15) is 36.9 Å². The van der Waals surface area contributed by atoms with E-state index in [1.54, 1.807) is 6.20 Å². The summed E-state index contributed by atoms with van der Waals surface area (Å²) in [7, 11) is 0. The Hall–Kier alpha value is -2.18. The molecule has 0 unspecified atom stereocenters. The van der Waals surface area contributed by atoms with Crippen molar-refractivity contribution in [2.75, 3.05) is 6.54 Å². The monoisotopic (exact) mass is 303 g/mol. The van der Waals surface area contributed by atoms with Gasteiger partial charge in [0, 0.05) is 30.9 Å². The molecule has 2 atom stereocenters. The first-order valence-corrected chi connectivity index (χ1v) is 8.52. The molecule has 0 spiro atoms. The third-order valence-corrected chi connectivity index (χ3v) is 5.30. The van der Waals surface area contributed by atoms with Crippen molar-refractivity contribution in [3.63, 3.8) is 0 Å². The molecular formula is C20H21N3. The molecule has 2 aromatic rings. The second-order valence-corrected chi connectivity index (χ2v) is 6.83. The van der Waals surface area contributed by atoms with E-state index in [1.807, 2.05) is 12.1 Å². The highest BCUT2D eigenvalue weighted by Gasteiger charge is 2.34. The minimum absolute atomic E-state index is 0.502. The standard InChI is InChI=1S/C20H21N3/c21-12-20-19(8-3-9-22-20)17-6-1-4-15(10-17)13-23-14-16-5-2-7-18(23)11-16/h1,3-4,6,8-10,16,18H,2,5,7,11,13-14H2/t16-,18+/m1/s1. The first kappa shape index (κ1) is 14.4. The summed E-state index contributed by atoms with van der Waals surface area (Å²) in [4.78, 5) is 6.84. The van der Waals surface area contributed by atoms with Crippen LogP contribution in [0.5, 0.6) is 0 Å². The van der Waals surface area contributed by atoms with Gasteiger partial charge >= 0.3 is 0 Å². The van der Waals surface area contributed by atoms with E-state index in [1.165, 1.54) is 37.8 Å². The maximum atomic E-state index is 9.26. The van der Waals surface area contributed by atoms with Gasteiger partial charge in [-0.15, -0.1) is 0 Å². The highest BCUT2D eigenvalue weighted by molar-refractivity contribution is 5.69. The molecule has 0 amide bonds. The summed E-state index contributed by atoms with van der Waals surface area (Å²) in [5.74, 6) is 0.917. The van der Waals surface area contributed by atoms with Crippen molar-refractivity contribution >= 4 is 0 Å². The average Bonchev–Trinajstić information content (AvgIpc) is 2.88. The highest BCUT2D eigenvalue weighted by Crippen LogP contribution is 2.36. The lowest BCUT2D eigenvalue weighted by atomic mass is 9.90. The SMILES string of the molecule is N#Cc1ncccc1-c1cccc(CN2C[C@@H]3CCC[C@H]2C3)c1. The molecule has 2 fully saturated rings. The molecule has 116 valence electrons. The number of hydrogen-bond acceptors (Lipinski definition) is 3. The third-order valence-electron chi connectivity index (χ3n) is 5.30. The van der Waals surface area contributed by atoms with Gasteiger partial charge in [-0.25, -0.2) is 4.98 Å². The molecule has 1 saturated heterocycles. The van der Waals surface area contributed by atoms with E-state index < -0.39 is 0 Å². The van der Waals surface area contributed by atoms with Crippen LogP contribution >= 0.6 is 0 Å². The molecular weight excluding hydrogens is 282 g/mol. The van der Waals surface area contributed by atoms with Gasteiger partial charge < -0.3 is 0 Å². The molecule has 4 rings (SSSR count). The zero-order valence-electron chi connectivity index (χ0n) is 13.3. The van der Waals surface area contributed by atoms with Crippen molar-refractivity contribution in [2.24, 2.45) is 5.92 Å². The summed E-state index contributed by atoms with van der Waals surface area (Å²) < 4.78 is 0. The Morgan fingerprint density at radius 3 is 3.04 bits per heavy atom. The van der Waals surface area contributed by atoms with Gasteiger partial charge in [-0.3, -0.25) is 4.90 Å². The fourth-order valence-corrected chi connectivity index (χ4v) is 4.23. The van der Waals surface area contributed by atoms with Crippen molar-refractivity contribution in [3.8, 4) is 17.2 Å². The minimum atomic E-state index is 0.502. The Labute approximate surface area is 137 Å². The Kier molecular flexibility index (Phi) is 3.85. The summed E-state index contributed by atoms with van der Waals surface area (Å²) in [5, 5.41) is 9.26. The van der Waals surface area contributed by atoms with Gasteiger partial charge in [-0.05, 0) is 54.5 Å². The quantitative estimate of drug-likeness (QED) is 0.860. The Bertz CT molecular complexity index is 747. The highest BCUT2D eigenvalue weighted by atomic mass is 15.2. The van der Waals surface area contributed by atoms with Crippen LogP contribution in [0.3, 0.4) is 0 Å². The molecule has 3 nitrogen and oxygen atoms in total. The van der Waals surface area contributed by atoms with Crippen LogP contribution in [0.25, 0.3) is 11.1 Å². The lowest BCUT2D eigenvalue weighted by Gasteiger charge is -2.24. The molecule has 2 bridgehead atoms. The summed E-state index contributed by atoms with van der Waals surface area (Å²) >= 11 is 0. The predicted octanol–water partition coefficient (Wildman–Crippen LogP) is 3.99. The van der Waals surface area contributed by atoms with E-state index in [-0.39, 0.29) is 0 Å². The lowest BCUT2D eigenvalue weighted by molar-refractivity contribution is 0.237. The van der Waals surface area contributed by atoms with Crippen LogP contribution in [-0.2, 0) is 6.54 Å². The fraction of sp³-hybridized carbons (Fsp3) is 0.400. The topological polar surface area (TPSA) is 39.9 Å². The van der Waals surface area contributed by atoms with Crippen molar-refractivity contribution in [3.05, 3.63) is 53.9 Å². The van der Waals surface area contributed by atoms with Crippen LogP contribution in [0, 0.1) is 17.2 Å². The maximum absolute atomic E-state index is 9.26. The number of benzene rings is 1. The Morgan fingerprint density at radius 1 is 1.22 bits per heavy atom. The summed E-state index contributed by atoms with van der Waals surface area (Å²) in [5.41, 5.74) is 3.86. The fourth-order valence-electron chi connectivity index (χ4n) is 4.23. The molecule has 1 aromatic carbocycles. The number of likely N-dealkylation sites (tertiary alicyclic amines) is 1. The van der Waals surface area contributed by atoms with Gasteiger partial charge in [0.05, 0.1) is 0 Å². The van der Waals surface area contributed by atoms with E-state index in [9.17, 15) is 5.26 Å². The van der Waals surface area contributed by atoms with E-state index in [0.29, 0.717) is 5.69 Å². The number of rotatable bonds is 3. The zero-order chi connectivity index (χ0) is 15.6. The van der Waals surface area contributed by atoms with Gasteiger partial charge in [0.2, 0.25) is 0 Å². The molecule has 1 aromatic heterocycles. The Morgan fingerprint density at radius 2 is 2.17 bits per heavy atom. The molecule has 0 N–H and O–H groups in total. The van der Waals surface area contributed by atoms with Crippen molar-refractivity contribution < 1.29 is 0 Å². The summed E-state index contributed by atoms with van der Waals surface area (Å²) in [6.45, 7) is 2.28. The summed E-state index contributed by atoms with van der Waals surface area (Å²) in [6.07, 6.45) is 7.23. The number of hydrogen-bond donors (Lipinski definition) is 0. The van der Waals surface area contributed by atoms with Crippen LogP contribution < -0.4 is 0 Å². The molecule has 1 aliphatic carbocycles. The van der Waals surface area contributed by atoms with Gasteiger partial charge in [0.25, 0.3) is 0 Å². The van der Waals surface area contributed by atoms with Crippen LogP contribution in [0.15, 0.2) is 42.6 Å². The first-order valence-electron chi connectivity index (χ1n) is 8.52. The lowest BCUT2D eigenvalue weighted by Crippen LogP contribution is -2.28. The van der Waals surface area contributed by atoms with Crippen LogP contribution in [0.4, 0.5) is 0 Å². The number of fused-ring (bicyclic) bond motifs is 2. The number of pyridine rings is 1. The van der Waals surface area contributed by atoms with Crippen molar-refractivity contribution in [1.82, 2.24) is 9.88 Å². The molecule has 1 saturated carbocycles. The molecule has 23 heavy (non-hydrogen) atoms. The number of aromatic nitrogens is 1. The zero-order valence-corrected chi connectivity index (χ0v) is 13.3. The largest absolute Gasteiger partial charge is 0.296 e. The van der Waals surface area contributed by atoms with Gasteiger partial charge in [-0.1, -0.05) is 24.6 Å². The first-order chi connectivity index (χ1) is 11.3. The summed E-state index contributed by atoms with van der Waals surface area (Å²) in [6, 6.07) is 15.4. The van der Waals surface area contributed by atoms with Crippen LogP contribution in [-0.4, -0.2) is 22.5 Å². The smallest absolute Gasteiger partial charge is 0.148 e. The average molecular weight is 303 g/mol. The molecule has 2 heterocycles. The van der Waals surface area contributed by atoms with Gasteiger partial charge in [0.15, 0.2) is 0 Å². The second kappa shape index (κ2) is 6.14. The van der Waals surface area contributed by atoms with Gasteiger partial charge in [0.1, 0.15) is 11.8 Å². The van der Waals surface area contributed by atoms with E-state index in [2.05, 4.69) is 40.2 Å². The predicted molar refractivity (Wildman–Crippen MR) is 90.5 cm³/mol. The van der Waals surface area contributed by atoms with E-state index in [0.717, 1.165) is 29.6 Å². The minimum Gasteiger partial charge on any atom is -0.296 e.